The number of benzene rings is 2. The maximum Gasteiger partial charge on any atom is 0.231 e. The molecule has 0 aromatic heterocycles. The van der Waals surface area contributed by atoms with Gasteiger partial charge in [-0.1, -0.05) is 42.3 Å². The Morgan fingerprint density at radius 2 is 1.72 bits per heavy atom. The lowest BCUT2D eigenvalue weighted by Gasteiger charge is -2.21. The minimum Gasteiger partial charge on any atom is -0.454 e. The largest absolute Gasteiger partial charge is 0.454 e. The number of nitrogens with zero attached hydrogens (tertiary/aromatic N) is 1. The van der Waals surface area contributed by atoms with Gasteiger partial charge >= 0.3 is 0 Å². The van der Waals surface area contributed by atoms with E-state index in [2.05, 4.69) is 0 Å². The summed E-state index contributed by atoms with van der Waals surface area (Å²) in [4.78, 5) is 0. The van der Waals surface area contributed by atoms with Crippen LogP contribution in [0.15, 0.2) is 36.4 Å². The second-order valence-corrected chi connectivity index (χ2v) is 8.40. The first-order chi connectivity index (χ1) is 11.9. The van der Waals surface area contributed by atoms with E-state index in [1.807, 2.05) is 6.07 Å². The van der Waals surface area contributed by atoms with E-state index < -0.39 is 10.0 Å². The number of hydrogen-bond donors (Lipinski definition) is 0. The molecule has 0 radical (unpaired) electrons. The first-order valence-corrected chi connectivity index (χ1v) is 10.1. The van der Waals surface area contributed by atoms with Crippen LogP contribution in [0.4, 0.5) is 0 Å². The van der Waals surface area contributed by atoms with Crippen LogP contribution in [-0.2, 0) is 22.3 Å². The number of hydrogen-bond acceptors (Lipinski definition) is 4. The monoisotopic (exact) mass is 401 g/mol. The summed E-state index contributed by atoms with van der Waals surface area (Å²) >= 11 is 11.9. The molecule has 0 fully saturated rings. The Kier molecular flexibility index (Phi) is 5.43. The van der Waals surface area contributed by atoms with Gasteiger partial charge in [0.25, 0.3) is 0 Å². The molecule has 0 spiro atoms. The van der Waals surface area contributed by atoms with Gasteiger partial charge in [-0.25, -0.2) is 8.42 Å². The van der Waals surface area contributed by atoms with Crippen molar-refractivity contribution in [2.75, 3.05) is 13.3 Å². The maximum absolute atomic E-state index is 12.8. The second-order valence-electron chi connectivity index (χ2n) is 5.62. The Labute approximate surface area is 157 Å². The second kappa shape index (κ2) is 7.41. The Morgan fingerprint density at radius 3 is 2.44 bits per heavy atom. The molecule has 1 aliphatic rings. The summed E-state index contributed by atoms with van der Waals surface area (Å²) in [5.74, 6) is 1.17. The minimum absolute atomic E-state index is 0.137. The van der Waals surface area contributed by atoms with Gasteiger partial charge in [0.1, 0.15) is 0 Å². The van der Waals surface area contributed by atoms with Crippen LogP contribution in [-0.4, -0.2) is 26.1 Å². The van der Waals surface area contributed by atoms with Crippen molar-refractivity contribution in [1.29, 1.82) is 0 Å². The lowest BCUT2D eigenvalue weighted by molar-refractivity contribution is 0.174. The first-order valence-electron chi connectivity index (χ1n) is 7.69. The summed E-state index contributed by atoms with van der Waals surface area (Å²) in [6, 6.07) is 10.3. The van der Waals surface area contributed by atoms with Gasteiger partial charge < -0.3 is 9.47 Å². The van der Waals surface area contributed by atoms with Crippen LogP contribution in [0.5, 0.6) is 11.5 Å². The third-order valence-electron chi connectivity index (χ3n) is 3.88. The molecule has 25 heavy (non-hydrogen) atoms. The molecule has 134 valence electrons. The Bertz CT molecular complexity index is 886. The van der Waals surface area contributed by atoms with Crippen LogP contribution in [0.1, 0.15) is 18.1 Å². The molecule has 0 amide bonds. The summed E-state index contributed by atoms with van der Waals surface area (Å²) < 4.78 is 37.6. The van der Waals surface area contributed by atoms with Gasteiger partial charge in [-0.05, 0) is 35.4 Å². The SMILES string of the molecule is CCN(Cc1ccc2c(c1)OCO2)S(=O)(=O)Cc1ccc(Cl)c(Cl)c1. The van der Waals surface area contributed by atoms with E-state index in [0.29, 0.717) is 33.7 Å². The van der Waals surface area contributed by atoms with E-state index >= 15 is 0 Å². The fourth-order valence-corrected chi connectivity index (χ4v) is 4.42. The number of ether oxygens (including phenoxy) is 2. The first kappa shape index (κ1) is 18.3. The van der Waals surface area contributed by atoms with Gasteiger partial charge in [0, 0.05) is 13.1 Å². The quantitative estimate of drug-likeness (QED) is 0.731. The van der Waals surface area contributed by atoms with E-state index in [0.717, 1.165) is 5.56 Å². The topological polar surface area (TPSA) is 55.8 Å². The predicted molar refractivity (Wildman–Crippen MR) is 97.7 cm³/mol. The van der Waals surface area contributed by atoms with Gasteiger partial charge in [0.15, 0.2) is 11.5 Å². The Hall–Kier alpha value is -1.47. The number of sulfonamides is 1. The Morgan fingerprint density at radius 1 is 1.00 bits per heavy atom. The summed E-state index contributed by atoms with van der Waals surface area (Å²) in [7, 11) is -3.51. The van der Waals surface area contributed by atoms with Crippen molar-refractivity contribution in [2.24, 2.45) is 0 Å². The summed E-state index contributed by atoms with van der Waals surface area (Å²) in [6.45, 7) is 2.61. The molecule has 0 atom stereocenters. The van der Waals surface area contributed by atoms with E-state index in [-0.39, 0.29) is 19.1 Å². The fourth-order valence-electron chi connectivity index (χ4n) is 2.58. The molecule has 2 aromatic rings. The van der Waals surface area contributed by atoms with Crippen LogP contribution >= 0.6 is 23.2 Å². The molecule has 0 aliphatic carbocycles. The highest BCUT2D eigenvalue weighted by Gasteiger charge is 2.23. The molecule has 0 unspecified atom stereocenters. The highest BCUT2D eigenvalue weighted by Crippen LogP contribution is 2.33. The zero-order chi connectivity index (χ0) is 18.0. The average Bonchev–Trinajstić information content (AvgIpc) is 3.03. The normalized spacial score (nSPS) is 13.4. The highest BCUT2D eigenvalue weighted by molar-refractivity contribution is 7.88. The molecule has 0 saturated heterocycles. The molecule has 1 heterocycles. The minimum atomic E-state index is -3.51. The number of halogens is 2. The smallest absolute Gasteiger partial charge is 0.231 e. The van der Waals surface area contributed by atoms with Crippen molar-refractivity contribution in [3.8, 4) is 11.5 Å². The molecule has 5 nitrogen and oxygen atoms in total. The van der Waals surface area contributed by atoms with Crippen molar-refractivity contribution >= 4 is 33.2 Å². The zero-order valence-corrected chi connectivity index (χ0v) is 15.9. The van der Waals surface area contributed by atoms with E-state index in [4.69, 9.17) is 32.7 Å². The Balaban J connectivity index is 1.77. The molecule has 2 aromatic carbocycles. The summed E-state index contributed by atoms with van der Waals surface area (Å²) in [6.07, 6.45) is 0. The van der Waals surface area contributed by atoms with E-state index in [1.54, 1.807) is 37.3 Å². The third kappa shape index (κ3) is 4.20. The van der Waals surface area contributed by atoms with Crippen LogP contribution < -0.4 is 9.47 Å². The molecular weight excluding hydrogens is 385 g/mol. The zero-order valence-electron chi connectivity index (χ0n) is 13.5. The lowest BCUT2D eigenvalue weighted by Crippen LogP contribution is -2.31. The predicted octanol–water partition coefficient (Wildman–Crippen LogP) is 4.07. The van der Waals surface area contributed by atoms with Crippen molar-refractivity contribution in [3.05, 3.63) is 57.6 Å². The van der Waals surface area contributed by atoms with E-state index in [1.165, 1.54) is 4.31 Å². The summed E-state index contributed by atoms with van der Waals surface area (Å²) in [5.41, 5.74) is 1.43. The lowest BCUT2D eigenvalue weighted by atomic mass is 10.2. The molecule has 3 rings (SSSR count). The van der Waals surface area contributed by atoms with Crippen molar-refractivity contribution in [3.63, 3.8) is 0 Å². The number of rotatable bonds is 6. The van der Waals surface area contributed by atoms with Crippen LogP contribution in [0, 0.1) is 0 Å². The van der Waals surface area contributed by atoms with Crippen LogP contribution in [0.2, 0.25) is 10.0 Å². The fraction of sp³-hybridized carbons (Fsp3) is 0.294. The number of fused-ring (bicyclic) bond motifs is 1. The van der Waals surface area contributed by atoms with Crippen molar-refractivity contribution in [1.82, 2.24) is 4.31 Å². The van der Waals surface area contributed by atoms with Gasteiger partial charge in [-0.15, -0.1) is 0 Å². The standard InChI is InChI=1S/C17H17Cl2NO4S/c1-2-20(9-12-4-6-16-17(8-12)24-11-23-16)25(21,22)10-13-3-5-14(18)15(19)7-13/h3-8H,2,9-11H2,1H3. The van der Waals surface area contributed by atoms with E-state index in [9.17, 15) is 8.42 Å². The average molecular weight is 402 g/mol. The molecule has 1 aliphatic heterocycles. The van der Waals surface area contributed by atoms with Gasteiger partial charge in [-0.3, -0.25) is 0 Å². The van der Waals surface area contributed by atoms with Gasteiger partial charge in [0.05, 0.1) is 15.8 Å². The molecule has 0 N–H and O–H groups in total. The maximum atomic E-state index is 12.8. The van der Waals surface area contributed by atoms with Gasteiger partial charge in [0.2, 0.25) is 16.8 Å². The van der Waals surface area contributed by atoms with Crippen LogP contribution in [0.25, 0.3) is 0 Å². The highest BCUT2D eigenvalue weighted by atomic mass is 35.5. The van der Waals surface area contributed by atoms with Crippen LogP contribution in [0.3, 0.4) is 0 Å². The van der Waals surface area contributed by atoms with Crippen molar-refractivity contribution in [2.45, 2.75) is 19.2 Å². The molecule has 8 heteroatoms. The summed E-state index contributed by atoms with van der Waals surface area (Å²) in [5, 5.41) is 0.740. The van der Waals surface area contributed by atoms with Crippen molar-refractivity contribution < 1.29 is 17.9 Å². The molecule has 0 saturated carbocycles. The third-order valence-corrected chi connectivity index (χ3v) is 6.49. The van der Waals surface area contributed by atoms with Gasteiger partial charge in [-0.2, -0.15) is 4.31 Å². The molecular formula is C17H17Cl2NO4S. The molecule has 0 bridgehead atoms.